The molecule has 4 aromatic rings. The first-order valence-corrected chi connectivity index (χ1v) is 12.4. The van der Waals surface area contributed by atoms with Crippen molar-refractivity contribution in [1.82, 2.24) is 15.3 Å². The Labute approximate surface area is 229 Å². The van der Waals surface area contributed by atoms with E-state index in [1.165, 1.54) is 18.5 Å². The summed E-state index contributed by atoms with van der Waals surface area (Å²) in [5, 5.41) is 18.2. The maximum atomic E-state index is 13.4. The largest absolute Gasteiger partial charge is 0.487 e. The summed E-state index contributed by atoms with van der Waals surface area (Å²) in [4.78, 5) is 32.3. The number of benzene rings is 3. The molecule has 1 aromatic heterocycles. The standard InChI is InChI=1S/C28H24ClFN6O3/c29-23-15-21(7-9-25(23)39-16-18-3-1-4-19(30)13-18)36-28-22-14-20(6-8-24(22)33-17-34-28)35-27(38)5-2-12-32-26(37)10-11-31/h1,3-4,6-9,13-15,17H,2,5,10,12,16H2,(H,32,37)(H,35,38)(H,33,34,36). The molecule has 3 aromatic carbocycles. The smallest absolute Gasteiger partial charge is 0.234 e. The Morgan fingerprint density at radius 3 is 2.67 bits per heavy atom. The Balaban J connectivity index is 1.39. The van der Waals surface area contributed by atoms with Crippen LogP contribution in [0, 0.1) is 17.1 Å². The van der Waals surface area contributed by atoms with Crippen LogP contribution in [-0.4, -0.2) is 28.3 Å². The zero-order valence-electron chi connectivity index (χ0n) is 20.7. The maximum Gasteiger partial charge on any atom is 0.234 e. The molecule has 1 heterocycles. The van der Waals surface area contributed by atoms with Crippen LogP contribution in [0.1, 0.15) is 24.8 Å². The number of hydrogen-bond donors (Lipinski definition) is 3. The van der Waals surface area contributed by atoms with E-state index < -0.39 is 0 Å². The van der Waals surface area contributed by atoms with Gasteiger partial charge in [-0.25, -0.2) is 14.4 Å². The molecule has 9 nitrogen and oxygen atoms in total. The van der Waals surface area contributed by atoms with Crippen molar-refractivity contribution in [2.75, 3.05) is 17.2 Å². The highest BCUT2D eigenvalue weighted by Gasteiger charge is 2.10. The molecule has 0 spiro atoms. The SMILES string of the molecule is N#CCC(=O)NCCCC(=O)Nc1ccc2ncnc(Nc3ccc(OCc4cccc(F)c4)c(Cl)c3)c2c1. The van der Waals surface area contributed by atoms with Gasteiger partial charge in [0.1, 0.15) is 36.7 Å². The number of rotatable bonds is 11. The molecular formula is C28H24ClFN6O3. The Morgan fingerprint density at radius 1 is 1.03 bits per heavy atom. The Hall–Kier alpha value is -4.75. The molecular weight excluding hydrogens is 523 g/mol. The molecule has 39 heavy (non-hydrogen) atoms. The molecule has 0 aliphatic heterocycles. The molecule has 0 bridgehead atoms. The fraction of sp³-hybridized carbons (Fsp3) is 0.179. The van der Waals surface area contributed by atoms with Crippen molar-refractivity contribution in [3.8, 4) is 11.8 Å². The van der Waals surface area contributed by atoms with E-state index in [0.717, 1.165) is 0 Å². The van der Waals surface area contributed by atoms with Gasteiger partial charge in [0.05, 0.1) is 16.6 Å². The van der Waals surface area contributed by atoms with Gasteiger partial charge in [0.15, 0.2) is 0 Å². The van der Waals surface area contributed by atoms with Gasteiger partial charge in [-0.15, -0.1) is 0 Å². The lowest BCUT2D eigenvalue weighted by Crippen LogP contribution is -2.24. The molecule has 0 aliphatic carbocycles. The second kappa shape index (κ2) is 13.2. The number of nitriles is 1. The van der Waals surface area contributed by atoms with E-state index in [-0.39, 0.29) is 37.1 Å². The quantitative estimate of drug-likeness (QED) is 0.212. The topological polar surface area (TPSA) is 129 Å². The van der Waals surface area contributed by atoms with E-state index in [0.29, 0.717) is 57.4 Å². The fourth-order valence-electron chi connectivity index (χ4n) is 3.69. The van der Waals surface area contributed by atoms with Gasteiger partial charge in [-0.3, -0.25) is 9.59 Å². The van der Waals surface area contributed by atoms with Crippen molar-refractivity contribution >= 4 is 51.5 Å². The van der Waals surface area contributed by atoms with Crippen molar-refractivity contribution in [2.24, 2.45) is 0 Å². The predicted molar refractivity (Wildman–Crippen MR) is 146 cm³/mol. The number of carbonyl (C=O) groups excluding carboxylic acids is 2. The first kappa shape index (κ1) is 27.3. The van der Waals surface area contributed by atoms with E-state index in [9.17, 15) is 14.0 Å². The first-order valence-electron chi connectivity index (χ1n) is 12.0. The number of halogens is 2. The fourth-order valence-corrected chi connectivity index (χ4v) is 3.92. The Bertz CT molecular complexity index is 1540. The summed E-state index contributed by atoms with van der Waals surface area (Å²) in [7, 11) is 0. The summed E-state index contributed by atoms with van der Waals surface area (Å²) in [6.07, 6.45) is 1.87. The minimum absolute atomic E-state index is 0.172. The molecule has 0 aliphatic rings. The lowest BCUT2D eigenvalue weighted by Gasteiger charge is -2.13. The molecule has 4 rings (SSSR count). The van der Waals surface area contributed by atoms with Gasteiger partial charge in [-0.2, -0.15) is 5.26 Å². The first-order chi connectivity index (χ1) is 18.9. The molecule has 0 radical (unpaired) electrons. The van der Waals surface area contributed by atoms with E-state index in [4.69, 9.17) is 21.6 Å². The summed E-state index contributed by atoms with van der Waals surface area (Å²) < 4.78 is 19.1. The molecule has 0 unspecified atom stereocenters. The number of fused-ring (bicyclic) bond motifs is 1. The lowest BCUT2D eigenvalue weighted by molar-refractivity contribution is -0.120. The number of carbonyl (C=O) groups is 2. The summed E-state index contributed by atoms with van der Waals surface area (Å²) in [6, 6.07) is 18.4. The van der Waals surface area contributed by atoms with Crippen LogP contribution in [0.2, 0.25) is 5.02 Å². The molecule has 0 saturated heterocycles. The van der Waals surface area contributed by atoms with Crippen LogP contribution in [0.15, 0.2) is 67.0 Å². The minimum atomic E-state index is -0.361. The van der Waals surface area contributed by atoms with Crippen LogP contribution in [0.25, 0.3) is 10.9 Å². The van der Waals surface area contributed by atoms with Gasteiger partial charge >= 0.3 is 0 Å². The third-order valence-corrected chi connectivity index (χ3v) is 5.83. The number of amides is 2. The van der Waals surface area contributed by atoms with Crippen LogP contribution in [0.3, 0.4) is 0 Å². The number of ether oxygens (including phenoxy) is 1. The number of anilines is 3. The molecule has 0 fully saturated rings. The van der Waals surface area contributed by atoms with Gasteiger partial charge in [0, 0.05) is 29.7 Å². The van der Waals surface area contributed by atoms with Crippen molar-refractivity contribution < 1.29 is 18.7 Å². The molecule has 11 heteroatoms. The van der Waals surface area contributed by atoms with Gasteiger partial charge < -0.3 is 20.7 Å². The summed E-state index contributed by atoms with van der Waals surface area (Å²) in [5.41, 5.74) is 2.59. The van der Waals surface area contributed by atoms with Gasteiger partial charge in [-0.05, 0) is 60.5 Å². The van der Waals surface area contributed by atoms with Crippen molar-refractivity contribution in [1.29, 1.82) is 5.26 Å². The highest BCUT2D eigenvalue weighted by atomic mass is 35.5. The summed E-state index contributed by atoms with van der Waals surface area (Å²) in [5.74, 6) is 0.0601. The molecule has 198 valence electrons. The second-order valence-electron chi connectivity index (χ2n) is 8.48. The predicted octanol–water partition coefficient (Wildman–Crippen LogP) is 5.49. The van der Waals surface area contributed by atoms with Crippen LogP contribution in [0.5, 0.6) is 5.75 Å². The third-order valence-electron chi connectivity index (χ3n) is 5.54. The van der Waals surface area contributed by atoms with Gasteiger partial charge in [0.25, 0.3) is 0 Å². The van der Waals surface area contributed by atoms with Crippen LogP contribution < -0.4 is 20.7 Å². The number of nitrogens with one attached hydrogen (secondary N) is 3. The average Bonchev–Trinajstić information content (AvgIpc) is 2.91. The number of aromatic nitrogens is 2. The number of nitrogens with zero attached hydrogens (tertiary/aromatic N) is 3. The van der Waals surface area contributed by atoms with E-state index in [1.54, 1.807) is 54.6 Å². The van der Waals surface area contributed by atoms with E-state index in [2.05, 4.69) is 25.9 Å². The van der Waals surface area contributed by atoms with Crippen molar-refractivity contribution in [3.05, 3.63) is 83.4 Å². The third kappa shape index (κ3) is 7.87. The monoisotopic (exact) mass is 546 g/mol. The van der Waals surface area contributed by atoms with E-state index >= 15 is 0 Å². The van der Waals surface area contributed by atoms with Crippen molar-refractivity contribution in [3.63, 3.8) is 0 Å². The Kier molecular flexibility index (Phi) is 9.21. The lowest BCUT2D eigenvalue weighted by atomic mass is 10.2. The van der Waals surface area contributed by atoms with Crippen molar-refractivity contribution in [2.45, 2.75) is 25.9 Å². The van der Waals surface area contributed by atoms with Crippen LogP contribution in [0.4, 0.5) is 21.6 Å². The molecule has 0 saturated carbocycles. The highest BCUT2D eigenvalue weighted by Crippen LogP contribution is 2.31. The van der Waals surface area contributed by atoms with Gasteiger partial charge in [0.2, 0.25) is 11.8 Å². The number of hydrogen-bond acceptors (Lipinski definition) is 7. The molecule has 3 N–H and O–H groups in total. The van der Waals surface area contributed by atoms with Gasteiger partial charge in [-0.1, -0.05) is 23.7 Å². The highest BCUT2D eigenvalue weighted by molar-refractivity contribution is 6.32. The zero-order valence-corrected chi connectivity index (χ0v) is 21.5. The zero-order chi connectivity index (χ0) is 27.6. The molecule has 0 atom stereocenters. The van der Waals surface area contributed by atoms with Crippen LogP contribution >= 0.6 is 11.6 Å². The second-order valence-corrected chi connectivity index (χ2v) is 8.89. The normalized spacial score (nSPS) is 10.5. The average molecular weight is 547 g/mol. The Morgan fingerprint density at radius 2 is 1.87 bits per heavy atom. The van der Waals surface area contributed by atoms with E-state index in [1.807, 2.05) is 0 Å². The summed E-state index contributed by atoms with van der Waals surface area (Å²) in [6.45, 7) is 0.482. The van der Waals surface area contributed by atoms with Crippen LogP contribution in [-0.2, 0) is 16.2 Å². The maximum absolute atomic E-state index is 13.4. The molecule has 2 amide bonds. The summed E-state index contributed by atoms with van der Waals surface area (Å²) >= 11 is 6.42. The minimum Gasteiger partial charge on any atom is -0.487 e.